The largest absolute Gasteiger partial charge is 0.480 e. The minimum absolute atomic E-state index is 0.0182. The number of aromatic nitrogens is 3. The molecule has 4 aliphatic carbocycles. The average Bonchev–Trinajstić information content (AvgIpc) is 3.72. The van der Waals surface area contributed by atoms with Gasteiger partial charge in [-0.3, -0.25) is 4.98 Å². The van der Waals surface area contributed by atoms with E-state index in [0.29, 0.717) is 39.5 Å². The summed E-state index contributed by atoms with van der Waals surface area (Å²) in [6, 6.07) is 3.73. The fourth-order valence-corrected chi connectivity index (χ4v) is 6.32. The van der Waals surface area contributed by atoms with Crippen molar-refractivity contribution < 1.29 is 23.9 Å². The molecule has 7 rings (SSSR count). The Bertz CT molecular complexity index is 1430. The molecule has 8 nitrogen and oxygen atoms in total. The van der Waals surface area contributed by atoms with Crippen molar-refractivity contribution in [2.75, 3.05) is 6.61 Å². The fourth-order valence-electron chi connectivity index (χ4n) is 5.78. The van der Waals surface area contributed by atoms with Crippen LogP contribution in [0.15, 0.2) is 35.2 Å². The number of fused-ring (bicyclic) bond motifs is 3. The number of aliphatic carboxylic acids is 1. The second-order valence-corrected chi connectivity index (χ2v) is 11.9. The lowest BCUT2D eigenvalue weighted by atomic mass is 9.59. The van der Waals surface area contributed by atoms with Gasteiger partial charge in [0.25, 0.3) is 0 Å². The normalized spacial score (nSPS) is 23.6. The molecule has 3 aromatic rings. The minimum atomic E-state index is -0.991. The zero-order valence-corrected chi connectivity index (χ0v) is 23.4. The van der Waals surface area contributed by atoms with Gasteiger partial charge >= 0.3 is 5.97 Å². The van der Waals surface area contributed by atoms with Gasteiger partial charge in [0.15, 0.2) is 0 Å². The Hall–Kier alpha value is -2.96. The van der Waals surface area contributed by atoms with E-state index in [2.05, 4.69) is 27.0 Å². The lowest BCUT2D eigenvalue weighted by Gasteiger charge is -2.51. The van der Waals surface area contributed by atoms with Crippen LogP contribution in [0.2, 0.25) is 10.0 Å². The number of halogens is 2. The van der Waals surface area contributed by atoms with Crippen LogP contribution in [-0.4, -0.2) is 38.4 Å². The summed E-state index contributed by atoms with van der Waals surface area (Å²) in [7, 11) is 0. The van der Waals surface area contributed by atoms with Gasteiger partial charge in [0.2, 0.25) is 0 Å². The van der Waals surface area contributed by atoms with Gasteiger partial charge in [0.1, 0.15) is 23.8 Å². The van der Waals surface area contributed by atoms with E-state index < -0.39 is 5.97 Å². The highest BCUT2D eigenvalue weighted by atomic mass is 35.5. The summed E-state index contributed by atoms with van der Waals surface area (Å²) in [6.45, 7) is 0.287. The number of carboxylic acid groups (broad SMARTS) is 1. The molecule has 3 heterocycles. The summed E-state index contributed by atoms with van der Waals surface area (Å²) in [5, 5.41) is 14.0. The van der Waals surface area contributed by atoms with Crippen molar-refractivity contribution >= 4 is 29.2 Å². The number of nitrogens with zero attached hydrogens (tertiary/aromatic N) is 3. The molecule has 10 heteroatoms. The number of hydrogen-bond donors (Lipinski definition) is 1. The molecule has 0 unspecified atom stereocenters. The van der Waals surface area contributed by atoms with Crippen molar-refractivity contribution in [1.82, 2.24) is 15.1 Å². The molecule has 0 radical (unpaired) electrons. The highest BCUT2D eigenvalue weighted by Gasteiger charge is 2.49. The summed E-state index contributed by atoms with van der Waals surface area (Å²) in [5.74, 6) is 7.08. The Kier molecular flexibility index (Phi) is 7.58. The second kappa shape index (κ2) is 11.1. The highest BCUT2D eigenvalue weighted by molar-refractivity contribution is 6.38. The van der Waals surface area contributed by atoms with Gasteiger partial charge in [-0.1, -0.05) is 40.3 Å². The molecule has 4 aliphatic rings. The molecule has 3 aromatic heterocycles. The van der Waals surface area contributed by atoms with Crippen molar-refractivity contribution in [2.45, 2.75) is 76.1 Å². The lowest BCUT2D eigenvalue weighted by molar-refractivity contribution is -0.142. The van der Waals surface area contributed by atoms with E-state index >= 15 is 0 Å². The first kappa shape index (κ1) is 27.2. The molecule has 40 heavy (non-hydrogen) atoms. The van der Waals surface area contributed by atoms with E-state index in [1.54, 1.807) is 18.6 Å². The van der Waals surface area contributed by atoms with E-state index in [9.17, 15) is 4.79 Å². The Morgan fingerprint density at radius 1 is 1.05 bits per heavy atom. The smallest absolute Gasteiger partial charge is 0.329 e. The van der Waals surface area contributed by atoms with Crippen LogP contribution >= 0.6 is 23.2 Å². The first-order chi connectivity index (χ1) is 19.4. The van der Waals surface area contributed by atoms with Gasteiger partial charge in [-0.05, 0) is 68.9 Å². The zero-order valence-electron chi connectivity index (χ0n) is 21.9. The molecular formula is C30H29Cl2N3O5. The molecular weight excluding hydrogens is 553 g/mol. The summed E-state index contributed by atoms with van der Waals surface area (Å²) >= 11 is 12.9. The third-order valence-corrected chi connectivity index (χ3v) is 8.91. The molecule has 0 amide bonds. The van der Waals surface area contributed by atoms with Crippen molar-refractivity contribution in [2.24, 2.45) is 5.41 Å². The monoisotopic (exact) mass is 581 g/mol. The summed E-state index contributed by atoms with van der Waals surface area (Å²) in [4.78, 5) is 19.1. The van der Waals surface area contributed by atoms with Gasteiger partial charge in [-0.25, -0.2) is 9.78 Å². The SMILES string of the molecule is O=C(O)COCc1ccc(C#CC23CCC(OCc4c(-c5c(Cl)cncc5Cl)noc4C4CC4)(CC2)CC3)nc1. The van der Waals surface area contributed by atoms with Crippen LogP contribution < -0.4 is 0 Å². The fraction of sp³-hybridized carbons (Fsp3) is 0.467. The van der Waals surface area contributed by atoms with E-state index in [0.717, 1.165) is 68.3 Å². The van der Waals surface area contributed by atoms with Crippen LogP contribution in [0.25, 0.3) is 11.3 Å². The number of pyridine rings is 2. The average molecular weight is 582 g/mol. The second-order valence-electron chi connectivity index (χ2n) is 11.1. The molecule has 0 spiro atoms. The van der Waals surface area contributed by atoms with Crippen molar-refractivity contribution in [3.63, 3.8) is 0 Å². The van der Waals surface area contributed by atoms with Crippen LogP contribution in [0, 0.1) is 17.3 Å². The molecule has 4 saturated carbocycles. The van der Waals surface area contributed by atoms with Gasteiger partial charge in [-0.2, -0.15) is 0 Å². The molecule has 1 N–H and O–H groups in total. The number of rotatable bonds is 9. The van der Waals surface area contributed by atoms with Crippen LogP contribution in [-0.2, 0) is 27.5 Å². The Labute approximate surface area is 242 Å². The molecule has 208 valence electrons. The van der Waals surface area contributed by atoms with E-state index in [-0.39, 0.29) is 24.2 Å². The zero-order chi connectivity index (χ0) is 27.7. The topological polar surface area (TPSA) is 108 Å². The Morgan fingerprint density at radius 2 is 1.77 bits per heavy atom. The summed E-state index contributed by atoms with van der Waals surface area (Å²) in [6.07, 6.45) is 12.8. The summed E-state index contributed by atoms with van der Waals surface area (Å²) in [5.41, 5.74) is 3.55. The molecule has 0 atom stereocenters. The van der Waals surface area contributed by atoms with Crippen LogP contribution in [0.1, 0.15) is 79.9 Å². The third kappa shape index (κ3) is 5.75. The maximum absolute atomic E-state index is 10.6. The van der Waals surface area contributed by atoms with Crippen LogP contribution in [0.5, 0.6) is 0 Å². The quantitative estimate of drug-likeness (QED) is 0.282. The first-order valence-electron chi connectivity index (χ1n) is 13.5. The van der Waals surface area contributed by atoms with Gasteiger partial charge in [-0.15, -0.1) is 0 Å². The van der Waals surface area contributed by atoms with Gasteiger partial charge in [0.05, 0.1) is 28.9 Å². The van der Waals surface area contributed by atoms with Gasteiger partial charge in [0, 0.05) is 41.1 Å². The third-order valence-electron chi connectivity index (χ3n) is 8.33. The van der Waals surface area contributed by atoms with Crippen molar-refractivity contribution in [3.05, 3.63) is 63.3 Å². The highest BCUT2D eigenvalue weighted by Crippen LogP contribution is 2.54. The predicted octanol–water partition coefficient (Wildman–Crippen LogP) is 6.58. The predicted molar refractivity (Wildman–Crippen MR) is 148 cm³/mol. The first-order valence-corrected chi connectivity index (χ1v) is 14.3. The lowest BCUT2D eigenvalue weighted by Crippen LogP contribution is -2.47. The van der Waals surface area contributed by atoms with E-state index in [1.807, 2.05) is 12.1 Å². The Balaban J connectivity index is 1.11. The van der Waals surface area contributed by atoms with Crippen LogP contribution in [0.4, 0.5) is 0 Å². The van der Waals surface area contributed by atoms with E-state index in [4.69, 9.17) is 42.3 Å². The number of ether oxygens (including phenoxy) is 2. The molecule has 2 bridgehead atoms. The molecule has 4 fully saturated rings. The summed E-state index contributed by atoms with van der Waals surface area (Å²) < 4.78 is 17.6. The van der Waals surface area contributed by atoms with Crippen LogP contribution in [0.3, 0.4) is 0 Å². The molecule has 0 saturated heterocycles. The maximum atomic E-state index is 10.6. The van der Waals surface area contributed by atoms with Gasteiger partial charge < -0.3 is 19.1 Å². The number of carbonyl (C=O) groups is 1. The maximum Gasteiger partial charge on any atom is 0.329 e. The standard InChI is InChI=1S/C30H29Cl2N3O5/c31-23-14-33-15-24(32)26(23)27-22(28(40-35-27)20-2-3-20)17-39-30-10-7-29(8-11-30,9-12-30)6-5-21-4-1-19(13-34-21)16-38-18-25(36)37/h1,4,13-15,20H,2-3,7-12,16-18H2,(H,36,37). The number of hydrogen-bond acceptors (Lipinski definition) is 7. The van der Waals surface area contributed by atoms with E-state index in [1.165, 1.54) is 0 Å². The Morgan fingerprint density at radius 3 is 2.40 bits per heavy atom. The van der Waals surface area contributed by atoms with Crippen molar-refractivity contribution in [1.29, 1.82) is 0 Å². The number of carboxylic acids is 1. The minimum Gasteiger partial charge on any atom is -0.480 e. The molecule has 0 aliphatic heterocycles. The van der Waals surface area contributed by atoms with Crippen molar-refractivity contribution in [3.8, 4) is 23.1 Å². The molecule has 0 aromatic carbocycles.